The lowest BCUT2D eigenvalue weighted by molar-refractivity contribution is -0.143. The molecule has 0 aliphatic carbocycles. The van der Waals surface area contributed by atoms with E-state index in [4.69, 9.17) is 4.74 Å². The smallest absolute Gasteiger partial charge is 0.410 e. The summed E-state index contributed by atoms with van der Waals surface area (Å²) >= 11 is 3.46. The summed E-state index contributed by atoms with van der Waals surface area (Å²) in [6, 6.07) is 5.81. The molecule has 0 bridgehead atoms. The predicted molar refractivity (Wildman–Crippen MR) is 109 cm³/mol. The molecule has 152 valence electrons. The Kier molecular flexibility index (Phi) is 5.70. The molecule has 0 radical (unpaired) electrons. The molecule has 2 aromatic rings. The number of imidazole rings is 1. The molecular formula is C20H26BrN3O4. The van der Waals surface area contributed by atoms with Crippen LogP contribution in [0.5, 0.6) is 0 Å². The third-order valence-electron chi connectivity index (χ3n) is 5.10. The van der Waals surface area contributed by atoms with Crippen LogP contribution in [0.4, 0.5) is 4.79 Å². The van der Waals surface area contributed by atoms with Crippen molar-refractivity contribution in [2.24, 2.45) is 18.9 Å². The summed E-state index contributed by atoms with van der Waals surface area (Å²) < 4.78 is 8.31. The van der Waals surface area contributed by atoms with Gasteiger partial charge in [-0.25, -0.2) is 9.78 Å². The van der Waals surface area contributed by atoms with Crippen LogP contribution in [0.25, 0.3) is 11.0 Å². The molecule has 1 aliphatic heterocycles. The third-order valence-corrected chi connectivity index (χ3v) is 5.59. The lowest BCUT2D eigenvalue weighted by Crippen LogP contribution is -2.36. The minimum Gasteiger partial charge on any atom is -0.481 e. The number of amides is 1. The second-order valence-corrected chi connectivity index (χ2v) is 9.26. The van der Waals surface area contributed by atoms with E-state index in [0.717, 1.165) is 21.3 Å². The van der Waals surface area contributed by atoms with Crippen LogP contribution in [-0.2, 0) is 23.0 Å². The molecule has 2 heterocycles. The molecule has 7 nitrogen and oxygen atoms in total. The number of aromatic nitrogens is 2. The zero-order chi connectivity index (χ0) is 20.6. The molecule has 8 heteroatoms. The summed E-state index contributed by atoms with van der Waals surface area (Å²) in [5.74, 6) is -0.858. The van der Waals surface area contributed by atoms with Crippen molar-refractivity contribution in [3.8, 4) is 0 Å². The number of nitrogens with zero attached hydrogens (tertiary/aromatic N) is 3. The van der Waals surface area contributed by atoms with Gasteiger partial charge < -0.3 is 19.3 Å². The van der Waals surface area contributed by atoms with Crippen molar-refractivity contribution in [1.29, 1.82) is 0 Å². The Morgan fingerprint density at radius 1 is 1.39 bits per heavy atom. The molecule has 2 atom stereocenters. The minimum atomic E-state index is -0.857. The molecule has 1 saturated heterocycles. The maximum Gasteiger partial charge on any atom is 0.410 e. The zero-order valence-corrected chi connectivity index (χ0v) is 18.2. The van der Waals surface area contributed by atoms with Crippen molar-refractivity contribution < 1.29 is 19.4 Å². The van der Waals surface area contributed by atoms with Crippen molar-refractivity contribution >= 4 is 39.0 Å². The number of aliphatic carboxylic acids is 1. The number of hydrogen-bond acceptors (Lipinski definition) is 4. The summed E-state index contributed by atoms with van der Waals surface area (Å²) in [5, 5.41) is 9.84. The predicted octanol–water partition coefficient (Wildman–Crippen LogP) is 3.84. The van der Waals surface area contributed by atoms with Gasteiger partial charge in [0.05, 0.1) is 17.0 Å². The van der Waals surface area contributed by atoms with E-state index in [1.165, 1.54) is 0 Å². The number of carbonyl (C=O) groups excluding carboxylic acids is 1. The first kappa shape index (κ1) is 20.6. The van der Waals surface area contributed by atoms with E-state index in [1.807, 2.05) is 50.6 Å². The second kappa shape index (κ2) is 7.73. The lowest BCUT2D eigenvalue weighted by Gasteiger charge is -2.25. The van der Waals surface area contributed by atoms with E-state index >= 15 is 0 Å². The highest BCUT2D eigenvalue weighted by Gasteiger charge is 2.37. The number of aryl methyl sites for hydroxylation is 1. The van der Waals surface area contributed by atoms with Crippen LogP contribution in [0, 0.1) is 11.8 Å². The SMILES string of the molecule is Cn1c(C[C@H](C(=O)O)[C@H]2CCN(C(=O)OC(C)(C)C)C2)nc2ccc(Br)cc21. The fraction of sp³-hybridized carbons (Fsp3) is 0.550. The Morgan fingerprint density at radius 3 is 2.75 bits per heavy atom. The molecule has 1 fully saturated rings. The second-order valence-electron chi connectivity index (χ2n) is 8.34. The van der Waals surface area contributed by atoms with Crippen molar-refractivity contribution in [3.05, 3.63) is 28.5 Å². The average molecular weight is 452 g/mol. The zero-order valence-electron chi connectivity index (χ0n) is 16.6. The van der Waals surface area contributed by atoms with E-state index in [9.17, 15) is 14.7 Å². The van der Waals surface area contributed by atoms with Crippen molar-refractivity contribution in [3.63, 3.8) is 0 Å². The number of ether oxygens (including phenoxy) is 1. The van der Waals surface area contributed by atoms with Gasteiger partial charge in [0.15, 0.2) is 0 Å². The first-order chi connectivity index (χ1) is 13.0. The molecule has 1 aliphatic rings. The number of likely N-dealkylation sites (tertiary alicyclic amines) is 1. The van der Waals surface area contributed by atoms with Crippen molar-refractivity contribution in [1.82, 2.24) is 14.5 Å². The van der Waals surface area contributed by atoms with E-state index in [1.54, 1.807) is 4.90 Å². The maximum absolute atomic E-state index is 12.3. The number of rotatable bonds is 4. The summed E-state index contributed by atoms with van der Waals surface area (Å²) in [5.41, 5.74) is 1.23. The largest absolute Gasteiger partial charge is 0.481 e. The normalized spacial score (nSPS) is 18.5. The molecule has 0 saturated carbocycles. The van der Waals surface area contributed by atoms with Gasteiger partial charge in [-0.2, -0.15) is 0 Å². The summed E-state index contributed by atoms with van der Waals surface area (Å²) in [7, 11) is 1.90. The van der Waals surface area contributed by atoms with E-state index in [2.05, 4.69) is 20.9 Å². The molecule has 3 rings (SSSR count). The number of carboxylic acids is 1. The molecule has 28 heavy (non-hydrogen) atoms. The standard InChI is InChI=1S/C20H26BrN3O4/c1-20(2,3)28-19(27)24-8-7-12(11-24)14(18(25)26)10-17-22-15-6-5-13(21)9-16(15)23(17)4/h5-6,9,12,14H,7-8,10-11H2,1-4H3,(H,25,26)/t12-,14-/m0/s1. The van der Waals surface area contributed by atoms with E-state index < -0.39 is 17.5 Å². The first-order valence-electron chi connectivity index (χ1n) is 9.37. The van der Waals surface area contributed by atoms with Crippen molar-refractivity contribution in [2.75, 3.05) is 13.1 Å². The highest BCUT2D eigenvalue weighted by molar-refractivity contribution is 9.10. The van der Waals surface area contributed by atoms with Crippen LogP contribution >= 0.6 is 15.9 Å². The minimum absolute atomic E-state index is 0.128. The van der Waals surface area contributed by atoms with Gasteiger partial charge in [0.2, 0.25) is 0 Å². The summed E-state index contributed by atoms with van der Waals surface area (Å²) in [4.78, 5) is 30.5. The number of hydrogen-bond donors (Lipinski definition) is 1. The van der Waals surface area contributed by atoms with Gasteiger partial charge in [-0.05, 0) is 51.3 Å². The summed E-state index contributed by atoms with van der Waals surface area (Å²) in [6.45, 7) is 6.37. The fourth-order valence-electron chi connectivity index (χ4n) is 3.66. The van der Waals surface area contributed by atoms with Crippen LogP contribution in [-0.4, -0.2) is 50.3 Å². The highest BCUT2D eigenvalue weighted by atomic mass is 79.9. The quantitative estimate of drug-likeness (QED) is 0.762. The molecule has 1 aromatic heterocycles. The maximum atomic E-state index is 12.3. The van der Waals surface area contributed by atoms with Crippen LogP contribution in [0.1, 0.15) is 33.0 Å². The number of carbonyl (C=O) groups is 2. The van der Waals surface area contributed by atoms with Crippen LogP contribution in [0.3, 0.4) is 0 Å². The average Bonchev–Trinajstić information content (AvgIpc) is 3.17. The van der Waals surface area contributed by atoms with E-state index in [0.29, 0.717) is 25.9 Å². The Hall–Kier alpha value is -2.09. The monoisotopic (exact) mass is 451 g/mol. The molecule has 0 spiro atoms. The highest BCUT2D eigenvalue weighted by Crippen LogP contribution is 2.29. The Morgan fingerprint density at radius 2 is 2.11 bits per heavy atom. The van der Waals surface area contributed by atoms with Gasteiger partial charge in [-0.3, -0.25) is 4.79 Å². The van der Waals surface area contributed by atoms with E-state index in [-0.39, 0.29) is 12.0 Å². The van der Waals surface area contributed by atoms with Gasteiger partial charge in [0.25, 0.3) is 0 Å². The van der Waals surface area contributed by atoms with Gasteiger partial charge in [0.1, 0.15) is 11.4 Å². The van der Waals surface area contributed by atoms with Crippen LogP contribution in [0.15, 0.2) is 22.7 Å². The Bertz CT molecular complexity index is 903. The Balaban J connectivity index is 1.76. The number of benzene rings is 1. The first-order valence-corrected chi connectivity index (χ1v) is 10.2. The van der Waals surface area contributed by atoms with Crippen LogP contribution in [0.2, 0.25) is 0 Å². The molecule has 0 unspecified atom stereocenters. The van der Waals surface area contributed by atoms with Gasteiger partial charge >= 0.3 is 12.1 Å². The van der Waals surface area contributed by atoms with Crippen LogP contribution < -0.4 is 0 Å². The van der Waals surface area contributed by atoms with Gasteiger partial charge in [-0.1, -0.05) is 15.9 Å². The topological polar surface area (TPSA) is 84.7 Å². The molecule has 1 N–H and O–H groups in total. The lowest BCUT2D eigenvalue weighted by atomic mass is 9.88. The number of halogens is 1. The molecule has 1 aromatic carbocycles. The fourth-order valence-corrected chi connectivity index (χ4v) is 4.00. The van der Waals surface area contributed by atoms with Gasteiger partial charge in [-0.15, -0.1) is 0 Å². The molecule has 1 amide bonds. The third kappa shape index (κ3) is 4.48. The number of fused-ring (bicyclic) bond motifs is 1. The van der Waals surface area contributed by atoms with Crippen molar-refractivity contribution in [2.45, 2.75) is 39.2 Å². The summed E-state index contributed by atoms with van der Waals surface area (Å²) in [6.07, 6.45) is 0.586. The Labute approximate surface area is 172 Å². The number of carboxylic acid groups (broad SMARTS) is 1. The van der Waals surface area contributed by atoms with Gasteiger partial charge in [0, 0.05) is 31.0 Å². The molecular weight excluding hydrogens is 426 g/mol.